The second kappa shape index (κ2) is 3.98. The Morgan fingerprint density at radius 2 is 1.73 bits per heavy atom. The molecule has 1 saturated carbocycles. The molecule has 4 heteroatoms. The molecule has 0 aromatic rings. The zero-order valence-electron chi connectivity index (χ0n) is 9.39. The lowest BCUT2D eigenvalue weighted by Crippen LogP contribution is -2.49. The summed E-state index contributed by atoms with van der Waals surface area (Å²) in [5.74, 6) is -2.74. The van der Waals surface area contributed by atoms with Crippen molar-refractivity contribution in [2.75, 3.05) is 6.61 Å². The predicted molar refractivity (Wildman–Crippen MR) is 53.8 cm³/mol. The number of hydrogen-bond acceptors (Lipinski definition) is 2. The maximum atomic E-state index is 13.2. The van der Waals surface area contributed by atoms with Crippen LogP contribution in [0.3, 0.4) is 0 Å². The average molecular weight is 222 g/mol. The van der Waals surface area contributed by atoms with Gasteiger partial charge in [-0.3, -0.25) is 0 Å². The van der Waals surface area contributed by atoms with E-state index in [0.29, 0.717) is 12.8 Å². The van der Waals surface area contributed by atoms with Crippen molar-refractivity contribution in [3.63, 3.8) is 0 Å². The van der Waals surface area contributed by atoms with Gasteiger partial charge in [-0.2, -0.15) is 0 Å². The third kappa shape index (κ3) is 2.02. The molecule has 1 unspecified atom stereocenters. The molecule has 1 rings (SSSR count). The van der Waals surface area contributed by atoms with E-state index in [1.165, 1.54) is 0 Å². The first-order valence-corrected chi connectivity index (χ1v) is 5.56. The van der Waals surface area contributed by atoms with Crippen LogP contribution in [-0.4, -0.2) is 28.3 Å². The fourth-order valence-corrected chi connectivity index (χ4v) is 2.77. The monoisotopic (exact) mass is 222 g/mol. The number of halogens is 2. The number of aliphatic hydroxyl groups excluding tert-OH is 1. The van der Waals surface area contributed by atoms with Crippen LogP contribution < -0.4 is 0 Å². The molecular formula is C11H20F2O2. The Hall–Kier alpha value is -0.220. The maximum absolute atomic E-state index is 13.2. The van der Waals surface area contributed by atoms with E-state index < -0.39 is 23.4 Å². The maximum Gasteiger partial charge on any atom is 0.248 e. The van der Waals surface area contributed by atoms with Gasteiger partial charge in [0.25, 0.3) is 0 Å². The van der Waals surface area contributed by atoms with Gasteiger partial charge in [-0.15, -0.1) is 0 Å². The smallest absolute Gasteiger partial charge is 0.248 e. The summed E-state index contributed by atoms with van der Waals surface area (Å²) in [5.41, 5.74) is -2.18. The highest BCUT2D eigenvalue weighted by molar-refractivity contribution is 5.04. The van der Waals surface area contributed by atoms with E-state index in [1.54, 1.807) is 13.8 Å². The van der Waals surface area contributed by atoms with Crippen LogP contribution in [0.4, 0.5) is 8.78 Å². The molecule has 1 aliphatic carbocycles. The van der Waals surface area contributed by atoms with Crippen LogP contribution in [-0.2, 0) is 0 Å². The number of alkyl halides is 2. The van der Waals surface area contributed by atoms with Crippen molar-refractivity contribution in [2.45, 2.75) is 57.5 Å². The molecule has 15 heavy (non-hydrogen) atoms. The van der Waals surface area contributed by atoms with Gasteiger partial charge in [0.15, 0.2) is 0 Å². The number of hydrogen-bond donors (Lipinski definition) is 2. The zero-order chi connectivity index (χ0) is 11.7. The van der Waals surface area contributed by atoms with E-state index in [9.17, 15) is 19.0 Å². The van der Waals surface area contributed by atoms with Crippen LogP contribution in [0.15, 0.2) is 0 Å². The minimum atomic E-state index is -2.74. The van der Waals surface area contributed by atoms with Crippen molar-refractivity contribution < 1.29 is 19.0 Å². The van der Waals surface area contributed by atoms with Gasteiger partial charge < -0.3 is 10.2 Å². The number of aliphatic hydroxyl groups is 2. The summed E-state index contributed by atoms with van der Waals surface area (Å²) in [6.07, 6.45) is 0.388. The molecule has 0 saturated heterocycles. The summed E-state index contributed by atoms with van der Waals surface area (Å²) < 4.78 is 26.4. The molecule has 90 valence electrons. The van der Waals surface area contributed by atoms with E-state index >= 15 is 0 Å². The normalized spacial score (nSPS) is 30.8. The standard InChI is InChI=1S/C11H20F2O2/c1-3-10(15,4-2)9(8-14)5-6-11(12,13)7-9/h14-15H,3-8H2,1-2H3. The molecule has 0 radical (unpaired) electrons. The fraction of sp³-hybridized carbons (Fsp3) is 1.00. The van der Waals surface area contributed by atoms with Crippen molar-refractivity contribution in [2.24, 2.45) is 5.41 Å². The van der Waals surface area contributed by atoms with Crippen LogP contribution in [0.2, 0.25) is 0 Å². The summed E-state index contributed by atoms with van der Waals surface area (Å²) >= 11 is 0. The van der Waals surface area contributed by atoms with Crippen LogP contribution in [0.1, 0.15) is 46.0 Å². The van der Waals surface area contributed by atoms with Crippen LogP contribution in [0.5, 0.6) is 0 Å². The summed E-state index contributed by atoms with van der Waals surface area (Å²) in [5, 5.41) is 19.7. The quantitative estimate of drug-likeness (QED) is 0.766. The third-order valence-electron chi connectivity index (χ3n) is 4.03. The summed E-state index contributed by atoms with van der Waals surface area (Å²) in [6.45, 7) is 3.19. The highest BCUT2D eigenvalue weighted by Crippen LogP contribution is 2.54. The van der Waals surface area contributed by atoms with E-state index in [2.05, 4.69) is 0 Å². The van der Waals surface area contributed by atoms with Crippen LogP contribution in [0.25, 0.3) is 0 Å². The molecular weight excluding hydrogens is 202 g/mol. The molecule has 2 nitrogen and oxygen atoms in total. The lowest BCUT2D eigenvalue weighted by Gasteiger charge is -2.43. The molecule has 0 amide bonds. The predicted octanol–water partition coefficient (Wildman–Crippen LogP) is 2.34. The largest absolute Gasteiger partial charge is 0.396 e. The lowest BCUT2D eigenvalue weighted by molar-refractivity contribution is -0.128. The summed E-state index contributed by atoms with van der Waals surface area (Å²) in [7, 11) is 0. The van der Waals surface area contributed by atoms with Gasteiger partial charge in [0, 0.05) is 18.3 Å². The van der Waals surface area contributed by atoms with Gasteiger partial charge in [-0.25, -0.2) is 8.78 Å². The molecule has 0 heterocycles. The van der Waals surface area contributed by atoms with Gasteiger partial charge in [0.2, 0.25) is 5.92 Å². The van der Waals surface area contributed by atoms with Crippen molar-refractivity contribution in [1.29, 1.82) is 0 Å². The Balaban J connectivity index is 2.96. The highest BCUT2D eigenvalue weighted by atomic mass is 19.3. The van der Waals surface area contributed by atoms with E-state index in [-0.39, 0.29) is 19.4 Å². The molecule has 1 atom stereocenters. The average Bonchev–Trinajstić information content (AvgIpc) is 2.54. The summed E-state index contributed by atoms with van der Waals surface area (Å²) in [4.78, 5) is 0. The lowest BCUT2D eigenvalue weighted by atomic mass is 9.68. The third-order valence-corrected chi connectivity index (χ3v) is 4.03. The zero-order valence-corrected chi connectivity index (χ0v) is 9.39. The van der Waals surface area contributed by atoms with Gasteiger partial charge in [0.05, 0.1) is 12.2 Å². The van der Waals surface area contributed by atoms with Gasteiger partial charge in [0.1, 0.15) is 0 Å². The first-order chi connectivity index (χ1) is 6.85. The van der Waals surface area contributed by atoms with Crippen LogP contribution in [0, 0.1) is 5.41 Å². The van der Waals surface area contributed by atoms with E-state index in [4.69, 9.17) is 0 Å². The molecule has 0 bridgehead atoms. The van der Waals surface area contributed by atoms with Crippen molar-refractivity contribution in [3.05, 3.63) is 0 Å². The van der Waals surface area contributed by atoms with Gasteiger partial charge >= 0.3 is 0 Å². The number of rotatable bonds is 4. The highest BCUT2D eigenvalue weighted by Gasteiger charge is 2.57. The second-order valence-corrected chi connectivity index (χ2v) is 4.71. The first kappa shape index (κ1) is 12.8. The van der Waals surface area contributed by atoms with Gasteiger partial charge in [-0.05, 0) is 19.3 Å². The van der Waals surface area contributed by atoms with Crippen molar-refractivity contribution in [1.82, 2.24) is 0 Å². The Morgan fingerprint density at radius 3 is 2.00 bits per heavy atom. The molecule has 2 N–H and O–H groups in total. The summed E-state index contributed by atoms with van der Waals surface area (Å²) in [6, 6.07) is 0. The Kier molecular flexibility index (Phi) is 3.41. The van der Waals surface area contributed by atoms with E-state index in [0.717, 1.165) is 0 Å². The topological polar surface area (TPSA) is 40.5 Å². The Morgan fingerprint density at radius 1 is 1.20 bits per heavy atom. The van der Waals surface area contributed by atoms with Crippen LogP contribution >= 0.6 is 0 Å². The molecule has 0 spiro atoms. The minimum Gasteiger partial charge on any atom is -0.396 e. The Labute approximate surface area is 89.3 Å². The second-order valence-electron chi connectivity index (χ2n) is 4.71. The fourth-order valence-electron chi connectivity index (χ4n) is 2.77. The van der Waals surface area contributed by atoms with Gasteiger partial charge in [-0.1, -0.05) is 13.8 Å². The van der Waals surface area contributed by atoms with Crippen molar-refractivity contribution >= 4 is 0 Å². The van der Waals surface area contributed by atoms with E-state index in [1.807, 2.05) is 0 Å². The van der Waals surface area contributed by atoms with Crippen molar-refractivity contribution in [3.8, 4) is 0 Å². The first-order valence-electron chi connectivity index (χ1n) is 5.56. The molecule has 1 fully saturated rings. The minimum absolute atomic E-state index is 0.203. The molecule has 1 aliphatic rings. The SMILES string of the molecule is CCC(O)(CC)C1(CO)CCC(F)(F)C1. The molecule has 0 aromatic carbocycles. The molecule has 0 aliphatic heterocycles. The Bertz CT molecular complexity index is 227. The molecule has 0 aromatic heterocycles.